The van der Waals surface area contributed by atoms with Crippen LogP contribution in [0.15, 0.2) is 18.2 Å². The molecule has 0 aliphatic carbocycles. The molecule has 0 spiro atoms. The van der Waals surface area contributed by atoms with Crippen LogP contribution in [-0.2, 0) is 9.53 Å². The number of methoxy groups -OCH3 is 1. The Kier molecular flexibility index (Phi) is 6.54. The van der Waals surface area contributed by atoms with E-state index in [1.54, 1.807) is 30.0 Å². The number of ether oxygens (including phenoxy) is 1. The average molecular weight is 296 g/mol. The van der Waals surface area contributed by atoms with Crippen LogP contribution in [0.3, 0.4) is 0 Å². The summed E-state index contributed by atoms with van der Waals surface area (Å²) in [6.45, 7) is 1.85. The lowest BCUT2D eigenvalue weighted by atomic mass is 10.1. The third-order valence-corrected chi connectivity index (χ3v) is 3.53. The number of carbonyl (C=O) groups is 2. The van der Waals surface area contributed by atoms with Crippen LogP contribution >= 0.6 is 11.8 Å². The molecule has 0 bridgehead atoms. The van der Waals surface area contributed by atoms with Gasteiger partial charge in [0.25, 0.3) is 0 Å². The molecule has 1 amide bonds. The van der Waals surface area contributed by atoms with Gasteiger partial charge in [0, 0.05) is 5.69 Å². The zero-order valence-electron chi connectivity index (χ0n) is 11.9. The van der Waals surface area contributed by atoms with E-state index >= 15 is 0 Å². The minimum absolute atomic E-state index is 0.246. The summed E-state index contributed by atoms with van der Waals surface area (Å²) in [4.78, 5) is 23.4. The summed E-state index contributed by atoms with van der Waals surface area (Å²) in [6.07, 6.45) is 2.58. The summed E-state index contributed by atoms with van der Waals surface area (Å²) in [5, 5.41) is 2.76. The maximum Gasteiger partial charge on any atom is 0.337 e. The number of hydrogen-bond donors (Lipinski definition) is 2. The number of esters is 1. The van der Waals surface area contributed by atoms with E-state index < -0.39 is 12.0 Å². The zero-order chi connectivity index (χ0) is 15.1. The maximum atomic E-state index is 12.0. The van der Waals surface area contributed by atoms with Crippen LogP contribution in [0.5, 0.6) is 0 Å². The largest absolute Gasteiger partial charge is 0.465 e. The van der Waals surface area contributed by atoms with E-state index in [2.05, 4.69) is 10.1 Å². The van der Waals surface area contributed by atoms with Crippen LogP contribution in [0.2, 0.25) is 0 Å². The highest BCUT2D eigenvalue weighted by Crippen LogP contribution is 2.18. The predicted molar refractivity (Wildman–Crippen MR) is 82.1 cm³/mol. The second kappa shape index (κ2) is 7.91. The van der Waals surface area contributed by atoms with Gasteiger partial charge in [-0.2, -0.15) is 11.8 Å². The summed E-state index contributed by atoms with van der Waals surface area (Å²) in [7, 11) is 1.32. The molecule has 0 saturated carbocycles. The third-order valence-electron chi connectivity index (χ3n) is 2.89. The van der Waals surface area contributed by atoms with Crippen molar-refractivity contribution in [2.24, 2.45) is 5.73 Å². The molecule has 0 aliphatic rings. The van der Waals surface area contributed by atoms with Crippen LogP contribution in [-0.4, -0.2) is 37.0 Å². The minimum Gasteiger partial charge on any atom is -0.465 e. The van der Waals surface area contributed by atoms with Crippen LogP contribution in [0.4, 0.5) is 5.69 Å². The van der Waals surface area contributed by atoms with E-state index in [0.29, 0.717) is 17.7 Å². The number of nitrogens with two attached hydrogens (primary N) is 1. The number of nitrogens with one attached hydrogen (secondary N) is 1. The van der Waals surface area contributed by atoms with Gasteiger partial charge in [-0.05, 0) is 43.0 Å². The van der Waals surface area contributed by atoms with Gasteiger partial charge in [0.1, 0.15) is 0 Å². The summed E-state index contributed by atoms with van der Waals surface area (Å²) in [6, 6.07) is 4.46. The van der Waals surface area contributed by atoms with E-state index in [9.17, 15) is 9.59 Å². The lowest BCUT2D eigenvalue weighted by molar-refractivity contribution is -0.117. The quantitative estimate of drug-likeness (QED) is 0.782. The topological polar surface area (TPSA) is 81.4 Å². The first-order valence-electron chi connectivity index (χ1n) is 6.24. The lowest BCUT2D eigenvalue weighted by Crippen LogP contribution is -2.36. The van der Waals surface area contributed by atoms with Crippen molar-refractivity contribution in [3.8, 4) is 0 Å². The Morgan fingerprint density at radius 1 is 1.45 bits per heavy atom. The predicted octanol–water partition coefficient (Wildman–Crippen LogP) is 1.80. The number of aryl methyl sites for hydroxylation is 1. The van der Waals surface area contributed by atoms with Crippen molar-refractivity contribution >= 4 is 29.3 Å². The summed E-state index contributed by atoms with van der Waals surface area (Å²) in [5.41, 5.74) is 7.65. The number of thioether (sulfide) groups is 1. The molecule has 1 aromatic rings. The van der Waals surface area contributed by atoms with Gasteiger partial charge < -0.3 is 15.8 Å². The Morgan fingerprint density at radius 2 is 2.15 bits per heavy atom. The summed E-state index contributed by atoms with van der Waals surface area (Å²) < 4.78 is 4.66. The molecule has 20 heavy (non-hydrogen) atoms. The Hall–Kier alpha value is -1.53. The second-order valence-corrected chi connectivity index (χ2v) is 5.38. The van der Waals surface area contributed by atoms with Crippen LogP contribution in [0.25, 0.3) is 0 Å². The lowest BCUT2D eigenvalue weighted by Gasteiger charge is -2.14. The van der Waals surface area contributed by atoms with Crippen molar-refractivity contribution in [2.75, 3.05) is 24.4 Å². The maximum absolute atomic E-state index is 12.0. The van der Waals surface area contributed by atoms with Gasteiger partial charge in [-0.25, -0.2) is 4.79 Å². The van der Waals surface area contributed by atoms with Gasteiger partial charge in [0.2, 0.25) is 5.91 Å². The number of hydrogen-bond acceptors (Lipinski definition) is 5. The Labute approximate surface area is 123 Å². The second-order valence-electron chi connectivity index (χ2n) is 4.40. The molecule has 0 aliphatic heterocycles. The highest BCUT2D eigenvalue weighted by Gasteiger charge is 2.15. The first kappa shape index (κ1) is 16.5. The Morgan fingerprint density at radius 3 is 2.75 bits per heavy atom. The van der Waals surface area contributed by atoms with Crippen molar-refractivity contribution in [2.45, 2.75) is 19.4 Å². The van der Waals surface area contributed by atoms with Gasteiger partial charge >= 0.3 is 5.97 Å². The number of benzene rings is 1. The molecular formula is C14H20N2O3S. The molecular weight excluding hydrogens is 276 g/mol. The SMILES string of the molecule is COC(=O)c1ccc(C)c(NC(=O)[C@@H](N)CCSC)c1. The molecule has 1 rings (SSSR count). The molecule has 0 radical (unpaired) electrons. The van der Waals surface area contributed by atoms with Crippen LogP contribution in [0.1, 0.15) is 22.3 Å². The van der Waals surface area contributed by atoms with Crippen molar-refractivity contribution in [3.05, 3.63) is 29.3 Å². The first-order valence-corrected chi connectivity index (χ1v) is 7.63. The molecule has 0 unspecified atom stereocenters. The zero-order valence-corrected chi connectivity index (χ0v) is 12.8. The van der Waals surface area contributed by atoms with E-state index in [1.807, 2.05) is 13.2 Å². The number of carbonyl (C=O) groups excluding carboxylic acids is 2. The normalized spacial score (nSPS) is 11.8. The van der Waals surface area contributed by atoms with Gasteiger partial charge in [-0.3, -0.25) is 4.79 Å². The van der Waals surface area contributed by atoms with Gasteiger partial charge in [0.15, 0.2) is 0 Å². The molecule has 0 aromatic heterocycles. The van der Waals surface area contributed by atoms with Crippen molar-refractivity contribution in [1.29, 1.82) is 0 Å². The summed E-state index contributed by atoms with van der Waals surface area (Å²) in [5.74, 6) is 0.145. The van der Waals surface area contributed by atoms with E-state index in [0.717, 1.165) is 11.3 Å². The third kappa shape index (κ3) is 4.54. The van der Waals surface area contributed by atoms with E-state index in [-0.39, 0.29) is 5.91 Å². The minimum atomic E-state index is -0.552. The molecule has 0 fully saturated rings. The van der Waals surface area contributed by atoms with Gasteiger partial charge in [0.05, 0.1) is 18.7 Å². The van der Waals surface area contributed by atoms with Crippen LogP contribution in [0, 0.1) is 6.92 Å². The molecule has 1 atom stereocenters. The standard InChI is InChI=1S/C14H20N2O3S/c1-9-4-5-10(14(18)19-2)8-12(9)16-13(17)11(15)6-7-20-3/h4-5,8,11H,6-7,15H2,1-3H3,(H,16,17)/t11-/m0/s1. The molecule has 0 saturated heterocycles. The fourth-order valence-corrected chi connectivity index (χ4v) is 2.09. The van der Waals surface area contributed by atoms with E-state index in [1.165, 1.54) is 7.11 Å². The molecule has 6 heteroatoms. The number of rotatable bonds is 6. The Bertz CT molecular complexity index is 491. The van der Waals surface area contributed by atoms with E-state index in [4.69, 9.17) is 5.73 Å². The number of anilines is 1. The van der Waals surface area contributed by atoms with Crippen molar-refractivity contribution in [1.82, 2.24) is 0 Å². The fourth-order valence-electron chi connectivity index (χ4n) is 1.60. The Balaban J connectivity index is 2.80. The molecule has 1 aromatic carbocycles. The van der Waals surface area contributed by atoms with Gasteiger partial charge in [-0.15, -0.1) is 0 Å². The summed E-state index contributed by atoms with van der Waals surface area (Å²) >= 11 is 1.64. The van der Waals surface area contributed by atoms with Crippen molar-refractivity contribution < 1.29 is 14.3 Å². The molecule has 3 N–H and O–H groups in total. The fraction of sp³-hybridized carbons (Fsp3) is 0.429. The van der Waals surface area contributed by atoms with Gasteiger partial charge in [-0.1, -0.05) is 6.07 Å². The van der Waals surface area contributed by atoms with Crippen molar-refractivity contribution in [3.63, 3.8) is 0 Å². The smallest absolute Gasteiger partial charge is 0.337 e. The monoisotopic (exact) mass is 296 g/mol. The average Bonchev–Trinajstić information content (AvgIpc) is 2.45. The molecule has 5 nitrogen and oxygen atoms in total. The highest BCUT2D eigenvalue weighted by atomic mass is 32.2. The van der Waals surface area contributed by atoms with Crippen LogP contribution < -0.4 is 11.1 Å². The first-order chi connectivity index (χ1) is 9.49. The highest BCUT2D eigenvalue weighted by molar-refractivity contribution is 7.98. The molecule has 0 heterocycles. The molecule has 110 valence electrons. The number of amides is 1.